The zero-order valence-corrected chi connectivity index (χ0v) is 11.8. The molecular formula is C17H16FNO2. The number of hydrogen-bond donors (Lipinski definition) is 1. The molecule has 0 saturated heterocycles. The Morgan fingerprint density at radius 1 is 1.19 bits per heavy atom. The highest BCUT2D eigenvalue weighted by molar-refractivity contribution is 5.94. The van der Waals surface area contributed by atoms with Crippen LogP contribution in [0.4, 0.5) is 4.39 Å². The number of carbonyl (C=O) groups is 1. The molecule has 0 fully saturated rings. The molecule has 1 heterocycles. The van der Waals surface area contributed by atoms with Gasteiger partial charge >= 0.3 is 0 Å². The van der Waals surface area contributed by atoms with Gasteiger partial charge in [0.15, 0.2) is 0 Å². The molecule has 1 N–H and O–H groups in total. The van der Waals surface area contributed by atoms with Crippen LogP contribution in [0.3, 0.4) is 0 Å². The summed E-state index contributed by atoms with van der Waals surface area (Å²) >= 11 is 0. The van der Waals surface area contributed by atoms with Crippen molar-refractivity contribution < 1.29 is 14.3 Å². The largest absolute Gasteiger partial charge is 0.508 e. The average Bonchev–Trinajstić information content (AvgIpc) is 2.48. The number of carbonyl (C=O) groups excluding carboxylic acids is 1. The van der Waals surface area contributed by atoms with E-state index < -0.39 is 0 Å². The van der Waals surface area contributed by atoms with Crippen LogP contribution in [-0.4, -0.2) is 22.5 Å². The Morgan fingerprint density at radius 2 is 2.00 bits per heavy atom. The summed E-state index contributed by atoms with van der Waals surface area (Å²) in [6.45, 7) is 2.75. The Morgan fingerprint density at radius 3 is 2.76 bits per heavy atom. The van der Waals surface area contributed by atoms with Crippen molar-refractivity contribution in [1.82, 2.24) is 4.90 Å². The van der Waals surface area contributed by atoms with Crippen molar-refractivity contribution >= 4 is 5.91 Å². The number of amides is 1. The molecule has 0 bridgehead atoms. The van der Waals surface area contributed by atoms with Gasteiger partial charge in [-0.1, -0.05) is 6.07 Å². The summed E-state index contributed by atoms with van der Waals surface area (Å²) in [7, 11) is 0. The van der Waals surface area contributed by atoms with Crippen molar-refractivity contribution in [1.29, 1.82) is 0 Å². The highest BCUT2D eigenvalue weighted by atomic mass is 19.1. The van der Waals surface area contributed by atoms with Crippen LogP contribution >= 0.6 is 0 Å². The Hall–Kier alpha value is -2.36. The smallest absolute Gasteiger partial charge is 0.254 e. The third kappa shape index (κ3) is 2.61. The number of halogens is 1. The maximum Gasteiger partial charge on any atom is 0.254 e. The number of fused-ring (bicyclic) bond motifs is 1. The maximum atomic E-state index is 13.3. The molecule has 1 aliphatic rings. The number of benzene rings is 2. The van der Waals surface area contributed by atoms with Gasteiger partial charge in [0.05, 0.1) is 0 Å². The molecule has 1 amide bonds. The van der Waals surface area contributed by atoms with Crippen LogP contribution in [0.25, 0.3) is 0 Å². The van der Waals surface area contributed by atoms with Crippen LogP contribution in [0.2, 0.25) is 0 Å². The van der Waals surface area contributed by atoms with Gasteiger partial charge in [0.1, 0.15) is 11.6 Å². The molecular weight excluding hydrogens is 269 g/mol. The molecule has 4 heteroatoms. The maximum absolute atomic E-state index is 13.3. The Balaban J connectivity index is 1.85. The van der Waals surface area contributed by atoms with E-state index in [2.05, 4.69) is 0 Å². The number of nitrogens with zero attached hydrogens (tertiary/aromatic N) is 1. The van der Waals surface area contributed by atoms with Crippen LogP contribution in [0, 0.1) is 12.7 Å². The van der Waals surface area contributed by atoms with Gasteiger partial charge < -0.3 is 10.0 Å². The molecule has 2 aromatic carbocycles. The number of phenolic OH excluding ortho intramolecular Hbond substituents is 1. The minimum absolute atomic E-state index is 0.105. The second-order valence-electron chi connectivity index (χ2n) is 5.39. The zero-order valence-electron chi connectivity index (χ0n) is 11.8. The predicted molar refractivity (Wildman–Crippen MR) is 77.7 cm³/mol. The van der Waals surface area contributed by atoms with Gasteiger partial charge in [-0.05, 0) is 60.4 Å². The molecule has 0 radical (unpaired) electrons. The molecule has 21 heavy (non-hydrogen) atoms. The van der Waals surface area contributed by atoms with E-state index in [0.717, 1.165) is 17.5 Å². The SMILES string of the molecule is Cc1cc(C(=O)N2CCc3ccc(O)cc3C2)ccc1F. The topological polar surface area (TPSA) is 40.5 Å². The Kier molecular flexibility index (Phi) is 3.37. The molecule has 3 rings (SSSR count). The average molecular weight is 285 g/mol. The molecule has 2 aromatic rings. The van der Waals surface area contributed by atoms with Crippen molar-refractivity contribution in [3.05, 3.63) is 64.5 Å². The van der Waals surface area contributed by atoms with E-state index in [0.29, 0.717) is 24.2 Å². The number of rotatable bonds is 1. The van der Waals surface area contributed by atoms with Crippen LogP contribution in [-0.2, 0) is 13.0 Å². The highest BCUT2D eigenvalue weighted by Gasteiger charge is 2.22. The van der Waals surface area contributed by atoms with E-state index >= 15 is 0 Å². The monoisotopic (exact) mass is 285 g/mol. The molecule has 0 aliphatic carbocycles. The van der Waals surface area contributed by atoms with Crippen LogP contribution in [0.1, 0.15) is 27.0 Å². The lowest BCUT2D eigenvalue weighted by Crippen LogP contribution is -2.36. The summed E-state index contributed by atoms with van der Waals surface area (Å²) in [5, 5.41) is 9.55. The van der Waals surface area contributed by atoms with Gasteiger partial charge in [0.25, 0.3) is 5.91 Å². The minimum Gasteiger partial charge on any atom is -0.508 e. The first kappa shape index (κ1) is 13.6. The van der Waals surface area contributed by atoms with E-state index in [1.165, 1.54) is 12.1 Å². The van der Waals surface area contributed by atoms with E-state index in [-0.39, 0.29) is 17.5 Å². The van der Waals surface area contributed by atoms with Crippen molar-refractivity contribution in [2.24, 2.45) is 0 Å². The van der Waals surface area contributed by atoms with Crippen LogP contribution in [0.15, 0.2) is 36.4 Å². The molecule has 0 unspecified atom stereocenters. The fourth-order valence-electron chi connectivity index (χ4n) is 2.68. The summed E-state index contributed by atoms with van der Waals surface area (Å²) in [6.07, 6.45) is 0.765. The van der Waals surface area contributed by atoms with E-state index in [4.69, 9.17) is 0 Å². The quantitative estimate of drug-likeness (QED) is 0.875. The lowest BCUT2D eigenvalue weighted by molar-refractivity contribution is 0.0734. The summed E-state index contributed by atoms with van der Waals surface area (Å²) in [4.78, 5) is 14.2. The lowest BCUT2D eigenvalue weighted by atomic mass is 9.98. The molecule has 0 saturated carbocycles. The van der Waals surface area contributed by atoms with Gasteiger partial charge in [-0.15, -0.1) is 0 Å². The van der Waals surface area contributed by atoms with E-state index in [1.54, 1.807) is 30.0 Å². The number of hydrogen-bond acceptors (Lipinski definition) is 2. The number of aryl methyl sites for hydroxylation is 1. The summed E-state index contributed by atoms with van der Waals surface area (Å²) in [6, 6.07) is 9.68. The minimum atomic E-state index is -0.305. The third-order valence-electron chi connectivity index (χ3n) is 3.89. The number of phenols is 1. The van der Waals surface area contributed by atoms with Gasteiger partial charge in [0.2, 0.25) is 0 Å². The van der Waals surface area contributed by atoms with E-state index in [1.807, 2.05) is 6.07 Å². The summed E-state index contributed by atoms with van der Waals surface area (Å²) < 4.78 is 13.3. The van der Waals surface area contributed by atoms with Gasteiger partial charge in [-0.25, -0.2) is 4.39 Å². The van der Waals surface area contributed by atoms with Crippen LogP contribution in [0.5, 0.6) is 5.75 Å². The predicted octanol–water partition coefficient (Wildman–Crippen LogP) is 3.04. The fraction of sp³-hybridized carbons (Fsp3) is 0.235. The molecule has 0 aromatic heterocycles. The summed E-state index contributed by atoms with van der Waals surface area (Å²) in [5.74, 6) is -0.201. The first-order valence-corrected chi connectivity index (χ1v) is 6.91. The van der Waals surface area contributed by atoms with Crippen molar-refractivity contribution in [3.63, 3.8) is 0 Å². The molecule has 0 spiro atoms. The standard InChI is InChI=1S/C17H16FNO2/c1-11-8-13(3-5-16(11)18)17(21)19-7-6-12-2-4-15(20)9-14(12)10-19/h2-5,8-9,20H,6-7,10H2,1H3. The van der Waals surface area contributed by atoms with Gasteiger partial charge in [-0.2, -0.15) is 0 Å². The molecule has 108 valence electrons. The van der Waals surface area contributed by atoms with Crippen molar-refractivity contribution in [2.75, 3.05) is 6.54 Å². The first-order valence-electron chi connectivity index (χ1n) is 6.91. The molecule has 1 aliphatic heterocycles. The van der Waals surface area contributed by atoms with Crippen molar-refractivity contribution in [3.8, 4) is 5.75 Å². The second-order valence-corrected chi connectivity index (χ2v) is 5.39. The van der Waals surface area contributed by atoms with Gasteiger partial charge in [0, 0.05) is 18.7 Å². The van der Waals surface area contributed by atoms with E-state index in [9.17, 15) is 14.3 Å². The Bertz CT molecular complexity index is 712. The van der Waals surface area contributed by atoms with Gasteiger partial charge in [-0.3, -0.25) is 4.79 Å². The summed E-state index contributed by atoms with van der Waals surface area (Å²) in [5.41, 5.74) is 3.09. The normalized spacial score (nSPS) is 13.9. The molecule has 3 nitrogen and oxygen atoms in total. The second kappa shape index (κ2) is 5.20. The number of aromatic hydroxyl groups is 1. The zero-order chi connectivity index (χ0) is 15.0. The van der Waals surface area contributed by atoms with Crippen LogP contribution < -0.4 is 0 Å². The fourth-order valence-corrected chi connectivity index (χ4v) is 2.68. The highest BCUT2D eigenvalue weighted by Crippen LogP contribution is 2.24. The Labute approximate surface area is 122 Å². The molecule has 0 atom stereocenters. The third-order valence-corrected chi connectivity index (χ3v) is 3.89. The van der Waals surface area contributed by atoms with Crippen molar-refractivity contribution in [2.45, 2.75) is 19.9 Å². The lowest BCUT2D eigenvalue weighted by Gasteiger charge is -2.29. The first-order chi connectivity index (χ1) is 10.0.